The summed E-state index contributed by atoms with van der Waals surface area (Å²) in [6, 6.07) is 14.5. The minimum atomic E-state index is -3.56. The number of hydrogen-bond acceptors (Lipinski definition) is 3. The highest BCUT2D eigenvalue weighted by atomic mass is 32.2. The number of rotatable bonds is 7. The molecule has 146 valence electrons. The Kier molecular flexibility index (Phi) is 6.62. The van der Waals surface area contributed by atoms with Crippen molar-refractivity contribution in [2.45, 2.75) is 26.3 Å². The van der Waals surface area contributed by atoms with Crippen LogP contribution in [0.3, 0.4) is 0 Å². The third kappa shape index (κ3) is 4.87. The van der Waals surface area contributed by atoms with E-state index in [-0.39, 0.29) is 11.9 Å². The van der Waals surface area contributed by atoms with Crippen LogP contribution in [-0.2, 0) is 16.6 Å². The molecule has 0 aliphatic heterocycles. The van der Waals surface area contributed by atoms with E-state index in [4.69, 9.17) is 0 Å². The van der Waals surface area contributed by atoms with Crippen LogP contribution in [0.2, 0.25) is 0 Å². The maximum Gasteiger partial charge on any atom is 0.303 e. The fourth-order valence-corrected chi connectivity index (χ4v) is 3.48. The number of carbonyl (C=O) groups excluding carboxylic acids is 1. The minimum absolute atomic E-state index is 0.125. The standard InChI is InChI=1S/C20H27N3O3S/c1-6-16-7-9-17(10-8-16)15(2)21-20(24)18-11-13-19(14-12-18)23(5)27(25,26)22(3)4/h7-15H,6H2,1-5H3,(H,21,24)/t15-/m0/s1. The summed E-state index contributed by atoms with van der Waals surface area (Å²) in [7, 11) is 0.869. The molecule has 0 radical (unpaired) electrons. The molecule has 7 heteroatoms. The fraction of sp³-hybridized carbons (Fsp3) is 0.350. The lowest BCUT2D eigenvalue weighted by atomic mass is 10.0. The van der Waals surface area contributed by atoms with E-state index in [1.165, 1.54) is 31.0 Å². The molecule has 0 spiro atoms. The van der Waals surface area contributed by atoms with Crippen LogP contribution in [0.4, 0.5) is 5.69 Å². The second-order valence-electron chi connectivity index (χ2n) is 6.59. The first-order chi connectivity index (χ1) is 12.7. The zero-order chi connectivity index (χ0) is 20.2. The summed E-state index contributed by atoms with van der Waals surface area (Å²) in [5, 5.41) is 2.97. The second kappa shape index (κ2) is 8.54. The summed E-state index contributed by atoms with van der Waals surface area (Å²) in [4.78, 5) is 12.5. The van der Waals surface area contributed by atoms with E-state index >= 15 is 0 Å². The maximum absolute atomic E-state index is 12.5. The van der Waals surface area contributed by atoms with E-state index in [1.807, 2.05) is 19.1 Å². The Morgan fingerprint density at radius 2 is 1.56 bits per heavy atom. The van der Waals surface area contributed by atoms with E-state index in [9.17, 15) is 13.2 Å². The lowest BCUT2D eigenvalue weighted by molar-refractivity contribution is 0.0940. The van der Waals surface area contributed by atoms with E-state index in [0.29, 0.717) is 11.3 Å². The van der Waals surface area contributed by atoms with Crippen LogP contribution in [0.25, 0.3) is 0 Å². The van der Waals surface area contributed by atoms with Crippen molar-refractivity contribution < 1.29 is 13.2 Å². The number of nitrogens with one attached hydrogen (secondary N) is 1. The highest BCUT2D eigenvalue weighted by molar-refractivity contribution is 7.90. The van der Waals surface area contributed by atoms with E-state index < -0.39 is 10.2 Å². The topological polar surface area (TPSA) is 69.7 Å². The number of hydrogen-bond donors (Lipinski definition) is 1. The lowest BCUT2D eigenvalue weighted by Crippen LogP contribution is -2.37. The van der Waals surface area contributed by atoms with Crippen molar-refractivity contribution in [2.75, 3.05) is 25.4 Å². The van der Waals surface area contributed by atoms with Crippen LogP contribution in [0.15, 0.2) is 48.5 Å². The fourth-order valence-electron chi connectivity index (χ4n) is 2.61. The molecule has 0 fully saturated rings. The first-order valence-electron chi connectivity index (χ1n) is 8.83. The van der Waals surface area contributed by atoms with Crippen LogP contribution in [0, 0.1) is 0 Å². The normalized spacial score (nSPS) is 12.7. The summed E-state index contributed by atoms with van der Waals surface area (Å²) >= 11 is 0. The second-order valence-corrected chi connectivity index (χ2v) is 8.77. The first kappa shape index (κ1) is 20.9. The number of anilines is 1. The van der Waals surface area contributed by atoms with Gasteiger partial charge in [-0.3, -0.25) is 9.10 Å². The quantitative estimate of drug-likeness (QED) is 0.791. The average Bonchev–Trinajstić information content (AvgIpc) is 2.67. The molecule has 27 heavy (non-hydrogen) atoms. The Hall–Kier alpha value is -2.38. The molecule has 1 amide bonds. The van der Waals surface area contributed by atoms with Crippen molar-refractivity contribution in [1.82, 2.24) is 9.62 Å². The average molecular weight is 390 g/mol. The Morgan fingerprint density at radius 1 is 1.00 bits per heavy atom. The van der Waals surface area contributed by atoms with Gasteiger partial charge in [-0.15, -0.1) is 0 Å². The van der Waals surface area contributed by atoms with Gasteiger partial charge in [0.2, 0.25) is 0 Å². The summed E-state index contributed by atoms with van der Waals surface area (Å²) in [5.41, 5.74) is 3.26. The Morgan fingerprint density at radius 3 is 2.04 bits per heavy atom. The predicted molar refractivity (Wildman–Crippen MR) is 109 cm³/mol. The summed E-state index contributed by atoms with van der Waals surface area (Å²) in [6.45, 7) is 4.04. The van der Waals surface area contributed by atoms with Crippen LogP contribution < -0.4 is 9.62 Å². The summed E-state index contributed by atoms with van der Waals surface area (Å²) in [5.74, 6) is -0.202. The molecule has 0 saturated carbocycles. The van der Waals surface area contributed by atoms with Gasteiger partial charge < -0.3 is 5.32 Å². The smallest absolute Gasteiger partial charge is 0.303 e. The molecular formula is C20H27N3O3S. The van der Waals surface area contributed by atoms with Crippen molar-refractivity contribution in [2.24, 2.45) is 0 Å². The molecule has 6 nitrogen and oxygen atoms in total. The summed E-state index contributed by atoms with van der Waals surface area (Å²) in [6.07, 6.45) is 0.978. The third-order valence-corrected chi connectivity index (χ3v) is 6.36. The van der Waals surface area contributed by atoms with Crippen molar-refractivity contribution in [1.29, 1.82) is 0 Å². The van der Waals surface area contributed by atoms with E-state index in [1.54, 1.807) is 24.3 Å². The van der Waals surface area contributed by atoms with Gasteiger partial charge in [0.25, 0.3) is 5.91 Å². The van der Waals surface area contributed by atoms with Gasteiger partial charge in [0.15, 0.2) is 0 Å². The number of nitrogens with zero attached hydrogens (tertiary/aromatic N) is 2. The molecule has 0 aromatic heterocycles. The Bertz CT molecular complexity index is 876. The van der Waals surface area contributed by atoms with Gasteiger partial charge in [-0.25, -0.2) is 0 Å². The van der Waals surface area contributed by atoms with Crippen molar-refractivity contribution in [3.05, 3.63) is 65.2 Å². The molecule has 1 atom stereocenters. The molecule has 0 saturated heterocycles. The van der Waals surface area contributed by atoms with Crippen molar-refractivity contribution in [3.8, 4) is 0 Å². The highest BCUT2D eigenvalue weighted by Crippen LogP contribution is 2.19. The van der Waals surface area contributed by atoms with E-state index in [2.05, 4.69) is 24.4 Å². The molecular weight excluding hydrogens is 362 g/mol. The third-order valence-electron chi connectivity index (χ3n) is 4.54. The minimum Gasteiger partial charge on any atom is -0.346 e. The summed E-state index contributed by atoms with van der Waals surface area (Å²) < 4.78 is 26.7. The van der Waals surface area contributed by atoms with Crippen LogP contribution >= 0.6 is 0 Å². The molecule has 1 N–H and O–H groups in total. The number of carbonyl (C=O) groups is 1. The first-order valence-corrected chi connectivity index (χ1v) is 10.2. The van der Waals surface area contributed by atoms with Crippen molar-refractivity contribution in [3.63, 3.8) is 0 Å². The predicted octanol–water partition coefficient (Wildman–Crippen LogP) is 2.98. The van der Waals surface area contributed by atoms with Gasteiger partial charge in [0.05, 0.1) is 11.7 Å². The molecule has 0 bridgehead atoms. The maximum atomic E-state index is 12.5. The van der Waals surface area contributed by atoms with Gasteiger partial charge in [0.1, 0.15) is 0 Å². The Labute approximate surface area is 162 Å². The molecule has 0 unspecified atom stereocenters. The molecule has 2 rings (SSSR count). The van der Waals surface area contributed by atoms with Crippen LogP contribution in [0.1, 0.15) is 41.4 Å². The van der Waals surface area contributed by atoms with Crippen LogP contribution in [0.5, 0.6) is 0 Å². The zero-order valence-corrected chi connectivity index (χ0v) is 17.2. The number of benzene rings is 2. The van der Waals surface area contributed by atoms with Crippen LogP contribution in [-0.4, -0.2) is 39.8 Å². The monoisotopic (exact) mass is 389 g/mol. The van der Waals surface area contributed by atoms with E-state index in [0.717, 1.165) is 16.3 Å². The Balaban J connectivity index is 2.08. The molecule has 2 aromatic carbocycles. The molecule has 0 aliphatic rings. The number of amides is 1. The van der Waals surface area contributed by atoms with Gasteiger partial charge in [0, 0.05) is 26.7 Å². The SMILES string of the molecule is CCc1ccc([C@H](C)NC(=O)c2ccc(N(C)S(=O)(=O)N(C)C)cc2)cc1. The molecule has 0 aliphatic carbocycles. The van der Waals surface area contributed by atoms with Crippen molar-refractivity contribution >= 4 is 21.8 Å². The number of aryl methyl sites for hydroxylation is 1. The zero-order valence-electron chi connectivity index (χ0n) is 16.4. The largest absolute Gasteiger partial charge is 0.346 e. The molecule has 2 aromatic rings. The van der Waals surface area contributed by atoms with Gasteiger partial charge >= 0.3 is 10.2 Å². The molecule has 0 heterocycles. The highest BCUT2D eigenvalue weighted by Gasteiger charge is 2.21. The van der Waals surface area contributed by atoms with Gasteiger partial charge in [-0.1, -0.05) is 31.2 Å². The van der Waals surface area contributed by atoms with Gasteiger partial charge in [-0.05, 0) is 48.7 Å². The van der Waals surface area contributed by atoms with Gasteiger partial charge in [-0.2, -0.15) is 12.7 Å². The lowest BCUT2D eigenvalue weighted by Gasteiger charge is -2.23.